The number of H-pyrrole nitrogens is 1. The number of piperidine rings is 1. The monoisotopic (exact) mass is 257 g/mol. The van der Waals surface area contributed by atoms with Crippen LogP contribution in [0.4, 0.5) is 5.82 Å². The van der Waals surface area contributed by atoms with Crippen molar-refractivity contribution in [2.24, 2.45) is 0 Å². The first kappa shape index (κ1) is 12.2. The normalized spacial score (nSPS) is 16.5. The fraction of sp³-hybridized carbons (Fsp3) is 0.429. The van der Waals surface area contributed by atoms with Crippen molar-refractivity contribution in [2.75, 3.05) is 25.0 Å². The van der Waals surface area contributed by atoms with Gasteiger partial charge in [-0.05, 0) is 50.2 Å². The van der Waals surface area contributed by atoms with Gasteiger partial charge in [-0.3, -0.25) is 0 Å². The SMILES string of the molecule is CN(c1ccc(-c2ccc[nH]2)nn1)C1CCNCC1. The molecule has 3 rings (SSSR count). The number of rotatable bonds is 3. The number of nitrogens with zero attached hydrogens (tertiary/aromatic N) is 3. The minimum atomic E-state index is 0.562. The fourth-order valence-corrected chi connectivity index (χ4v) is 2.53. The first-order valence-corrected chi connectivity index (χ1v) is 6.75. The van der Waals surface area contributed by atoms with Crippen LogP contribution in [0.25, 0.3) is 11.4 Å². The van der Waals surface area contributed by atoms with Crippen molar-refractivity contribution in [1.29, 1.82) is 0 Å². The summed E-state index contributed by atoms with van der Waals surface area (Å²) in [5, 5.41) is 12.0. The standard InChI is InChI=1S/C14H19N5/c1-19(11-6-9-15-10-7-11)14-5-4-13(17-18-14)12-3-2-8-16-12/h2-5,8,11,15-16H,6-7,9-10H2,1H3. The Labute approximate surface area is 113 Å². The van der Waals surface area contributed by atoms with Gasteiger partial charge in [-0.2, -0.15) is 0 Å². The second-order valence-corrected chi connectivity index (χ2v) is 4.95. The lowest BCUT2D eigenvalue weighted by molar-refractivity contribution is 0.441. The van der Waals surface area contributed by atoms with Gasteiger partial charge in [-0.1, -0.05) is 0 Å². The minimum Gasteiger partial charge on any atom is -0.360 e. The largest absolute Gasteiger partial charge is 0.360 e. The molecule has 0 aromatic carbocycles. The van der Waals surface area contributed by atoms with Crippen LogP contribution in [0.1, 0.15) is 12.8 Å². The highest BCUT2D eigenvalue weighted by Crippen LogP contribution is 2.19. The van der Waals surface area contributed by atoms with Gasteiger partial charge in [0.05, 0.1) is 5.69 Å². The zero-order valence-electron chi connectivity index (χ0n) is 11.1. The zero-order chi connectivity index (χ0) is 13.1. The van der Waals surface area contributed by atoms with Gasteiger partial charge in [-0.15, -0.1) is 10.2 Å². The van der Waals surface area contributed by atoms with Gasteiger partial charge in [0.2, 0.25) is 0 Å². The predicted molar refractivity (Wildman–Crippen MR) is 76.1 cm³/mol. The van der Waals surface area contributed by atoms with Crippen molar-refractivity contribution < 1.29 is 0 Å². The third kappa shape index (κ3) is 2.61. The molecule has 0 amide bonds. The number of hydrogen-bond acceptors (Lipinski definition) is 4. The molecule has 0 saturated carbocycles. The molecule has 1 saturated heterocycles. The maximum absolute atomic E-state index is 4.35. The summed E-state index contributed by atoms with van der Waals surface area (Å²) in [6.07, 6.45) is 4.22. The van der Waals surface area contributed by atoms with Crippen LogP contribution in [0, 0.1) is 0 Å². The molecule has 0 bridgehead atoms. The van der Waals surface area contributed by atoms with Crippen LogP contribution >= 0.6 is 0 Å². The highest BCUT2D eigenvalue weighted by atomic mass is 15.3. The summed E-state index contributed by atoms with van der Waals surface area (Å²) < 4.78 is 0. The van der Waals surface area contributed by atoms with E-state index >= 15 is 0 Å². The van der Waals surface area contributed by atoms with Gasteiger partial charge in [0, 0.05) is 19.3 Å². The van der Waals surface area contributed by atoms with E-state index in [4.69, 9.17) is 0 Å². The summed E-state index contributed by atoms with van der Waals surface area (Å²) in [7, 11) is 2.11. The number of anilines is 1. The lowest BCUT2D eigenvalue weighted by atomic mass is 10.1. The highest BCUT2D eigenvalue weighted by molar-refractivity contribution is 5.55. The van der Waals surface area contributed by atoms with Gasteiger partial charge in [0.15, 0.2) is 5.82 Å². The Balaban J connectivity index is 1.74. The lowest BCUT2D eigenvalue weighted by Gasteiger charge is -2.32. The third-order valence-electron chi connectivity index (χ3n) is 3.74. The zero-order valence-corrected chi connectivity index (χ0v) is 11.1. The van der Waals surface area contributed by atoms with E-state index in [-0.39, 0.29) is 0 Å². The molecule has 19 heavy (non-hydrogen) atoms. The van der Waals surface area contributed by atoms with Crippen molar-refractivity contribution in [3.63, 3.8) is 0 Å². The molecule has 0 spiro atoms. The van der Waals surface area contributed by atoms with E-state index in [9.17, 15) is 0 Å². The number of hydrogen-bond donors (Lipinski definition) is 2. The maximum Gasteiger partial charge on any atom is 0.151 e. The van der Waals surface area contributed by atoms with Gasteiger partial charge in [0.25, 0.3) is 0 Å². The van der Waals surface area contributed by atoms with Crippen molar-refractivity contribution in [2.45, 2.75) is 18.9 Å². The predicted octanol–water partition coefficient (Wildman–Crippen LogP) is 1.66. The Hall–Kier alpha value is -1.88. The summed E-state index contributed by atoms with van der Waals surface area (Å²) in [6.45, 7) is 2.17. The average molecular weight is 257 g/mol. The summed E-state index contributed by atoms with van der Waals surface area (Å²) in [6, 6.07) is 8.59. The molecule has 1 aliphatic heterocycles. The van der Waals surface area contributed by atoms with E-state index in [1.54, 1.807) is 0 Å². The van der Waals surface area contributed by atoms with Crippen LogP contribution in [0.5, 0.6) is 0 Å². The molecular weight excluding hydrogens is 238 g/mol. The fourth-order valence-electron chi connectivity index (χ4n) is 2.53. The Kier molecular flexibility index (Phi) is 3.46. The van der Waals surface area contributed by atoms with E-state index in [0.717, 1.165) is 43.1 Å². The number of aromatic amines is 1. The molecule has 0 atom stereocenters. The molecule has 1 aliphatic rings. The van der Waals surface area contributed by atoms with Crippen molar-refractivity contribution >= 4 is 5.82 Å². The summed E-state index contributed by atoms with van der Waals surface area (Å²) in [4.78, 5) is 5.38. The quantitative estimate of drug-likeness (QED) is 0.878. The summed E-state index contributed by atoms with van der Waals surface area (Å²) >= 11 is 0. The molecule has 0 aliphatic carbocycles. The van der Waals surface area contributed by atoms with Crippen LogP contribution in [0.3, 0.4) is 0 Å². The van der Waals surface area contributed by atoms with Gasteiger partial charge >= 0.3 is 0 Å². The molecule has 1 fully saturated rings. The molecule has 0 unspecified atom stereocenters. The molecule has 2 aromatic rings. The highest BCUT2D eigenvalue weighted by Gasteiger charge is 2.19. The summed E-state index contributed by atoms with van der Waals surface area (Å²) in [5.74, 6) is 0.946. The van der Waals surface area contributed by atoms with Crippen molar-refractivity contribution in [1.82, 2.24) is 20.5 Å². The van der Waals surface area contributed by atoms with Gasteiger partial charge in [0.1, 0.15) is 5.69 Å². The number of aromatic nitrogens is 3. The van der Waals surface area contributed by atoms with Crippen LogP contribution < -0.4 is 10.2 Å². The first-order valence-electron chi connectivity index (χ1n) is 6.75. The molecule has 5 heteroatoms. The molecule has 3 heterocycles. The average Bonchev–Trinajstić information content (AvgIpc) is 3.02. The van der Waals surface area contributed by atoms with E-state index in [0.29, 0.717) is 6.04 Å². The Bertz CT molecular complexity index is 499. The number of nitrogens with one attached hydrogen (secondary N) is 2. The smallest absolute Gasteiger partial charge is 0.151 e. The molecule has 2 N–H and O–H groups in total. The van der Waals surface area contributed by atoms with Crippen LogP contribution in [0.2, 0.25) is 0 Å². The minimum absolute atomic E-state index is 0.562. The van der Waals surface area contributed by atoms with Crippen LogP contribution in [-0.2, 0) is 0 Å². The summed E-state index contributed by atoms with van der Waals surface area (Å²) in [5.41, 5.74) is 1.89. The third-order valence-corrected chi connectivity index (χ3v) is 3.74. The van der Waals surface area contributed by atoms with Crippen LogP contribution in [0.15, 0.2) is 30.5 Å². The van der Waals surface area contributed by atoms with Gasteiger partial charge in [-0.25, -0.2) is 0 Å². The molecule has 5 nitrogen and oxygen atoms in total. The van der Waals surface area contributed by atoms with Crippen molar-refractivity contribution in [3.05, 3.63) is 30.5 Å². The molecule has 0 radical (unpaired) electrons. The Morgan fingerprint density at radius 2 is 2.00 bits per heavy atom. The van der Waals surface area contributed by atoms with E-state index in [1.165, 1.54) is 0 Å². The Morgan fingerprint density at radius 1 is 1.16 bits per heavy atom. The lowest BCUT2D eigenvalue weighted by Crippen LogP contribution is -2.41. The topological polar surface area (TPSA) is 56.8 Å². The second kappa shape index (κ2) is 5.40. The maximum atomic E-state index is 4.35. The van der Waals surface area contributed by atoms with Crippen LogP contribution in [-0.4, -0.2) is 41.4 Å². The van der Waals surface area contributed by atoms with E-state index in [1.807, 2.05) is 30.5 Å². The molecular formula is C14H19N5. The van der Waals surface area contributed by atoms with Gasteiger partial charge < -0.3 is 15.2 Å². The second-order valence-electron chi connectivity index (χ2n) is 4.95. The first-order chi connectivity index (χ1) is 9.34. The Morgan fingerprint density at radius 3 is 2.63 bits per heavy atom. The van der Waals surface area contributed by atoms with Crippen molar-refractivity contribution in [3.8, 4) is 11.4 Å². The van der Waals surface area contributed by atoms with E-state index in [2.05, 4.69) is 32.4 Å². The van der Waals surface area contributed by atoms with E-state index < -0.39 is 0 Å². The molecule has 2 aromatic heterocycles. The molecule has 100 valence electrons.